The lowest BCUT2D eigenvalue weighted by Gasteiger charge is -2.36. The van der Waals surface area contributed by atoms with Gasteiger partial charge in [0.25, 0.3) is 0 Å². The van der Waals surface area contributed by atoms with Gasteiger partial charge in [0.15, 0.2) is 0 Å². The van der Waals surface area contributed by atoms with E-state index in [2.05, 4.69) is 70.9 Å². The van der Waals surface area contributed by atoms with Crippen LogP contribution in [0.15, 0.2) is 67.1 Å². The van der Waals surface area contributed by atoms with Crippen molar-refractivity contribution in [2.24, 2.45) is 12.8 Å². The molecule has 4 aromatic rings. The average Bonchev–Trinajstić information content (AvgIpc) is 3.65. The van der Waals surface area contributed by atoms with Gasteiger partial charge < -0.3 is 25.4 Å². The second-order valence-electron chi connectivity index (χ2n) is 10.9. The summed E-state index contributed by atoms with van der Waals surface area (Å²) < 4.78 is 2.09. The average molecular weight is 552 g/mol. The minimum Gasteiger partial charge on any atom is -0.369 e. The topological polar surface area (TPSA) is 108 Å². The smallest absolute Gasteiger partial charge is 0.240 e. The maximum atomic E-state index is 11.8. The van der Waals surface area contributed by atoms with Gasteiger partial charge in [-0.25, -0.2) is 15.0 Å². The predicted octanol–water partition coefficient (Wildman–Crippen LogP) is 3.71. The number of aryl methyl sites for hydroxylation is 2. The molecule has 0 bridgehead atoms. The molecule has 2 aromatic carbocycles. The monoisotopic (exact) mass is 551 g/mol. The van der Waals surface area contributed by atoms with E-state index in [1.807, 2.05) is 44.7 Å². The molecule has 2 aliphatic heterocycles. The summed E-state index contributed by atoms with van der Waals surface area (Å²) in [4.78, 5) is 32.6. The number of nitrogens with two attached hydrogens (primary N) is 1. The summed E-state index contributed by atoms with van der Waals surface area (Å²) in [6.45, 7) is 7.74. The van der Waals surface area contributed by atoms with Crippen LogP contribution in [0.5, 0.6) is 0 Å². The minimum absolute atomic E-state index is 0.231. The van der Waals surface area contributed by atoms with Gasteiger partial charge in [-0.15, -0.1) is 0 Å². The molecule has 2 fully saturated rings. The molecular weight excluding hydrogens is 514 g/mol. The van der Waals surface area contributed by atoms with Gasteiger partial charge in [0, 0.05) is 81.0 Å². The first-order valence-electron chi connectivity index (χ1n) is 14.3. The van der Waals surface area contributed by atoms with E-state index in [1.54, 1.807) is 0 Å². The highest BCUT2D eigenvalue weighted by Gasteiger charge is 2.29. The fourth-order valence-corrected chi connectivity index (χ4v) is 5.77. The van der Waals surface area contributed by atoms with Gasteiger partial charge in [0.2, 0.25) is 11.9 Å². The molecule has 0 aliphatic carbocycles. The molecule has 41 heavy (non-hydrogen) atoms. The normalized spacial score (nSPS) is 17.7. The molecule has 0 saturated carbocycles. The summed E-state index contributed by atoms with van der Waals surface area (Å²) in [6.07, 6.45) is 7.49. The number of primary amides is 1. The number of nitrogens with one attached hydrogen (secondary N) is 1. The molecule has 4 heterocycles. The number of anilines is 4. The molecule has 2 saturated heterocycles. The Morgan fingerprint density at radius 1 is 0.976 bits per heavy atom. The van der Waals surface area contributed by atoms with E-state index < -0.39 is 0 Å². The molecule has 2 aliphatic rings. The van der Waals surface area contributed by atoms with Crippen LogP contribution in [0.3, 0.4) is 0 Å². The van der Waals surface area contributed by atoms with Crippen molar-refractivity contribution in [2.45, 2.75) is 32.4 Å². The molecule has 10 nitrogen and oxygen atoms in total. The van der Waals surface area contributed by atoms with Gasteiger partial charge in [0.1, 0.15) is 11.9 Å². The van der Waals surface area contributed by atoms with Crippen LogP contribution in [0.1, 0.15) is 24.2 Å². The summed E-state index contributed by atoms with van der Waals surface area (Å²) >= 11 is 0. The van der Waals surface area contributed by atoms with E-state index >= 15 is 0 Å². The zero-order valence-corrected chi connectivity index (χ0v) is 23.7. The first-order chi connectivity index (χ1) is 19.9. The highest BCUT2D eigenvalue weighted by atomic mass is 16.1. The SMILES string of the molecule is Cc1cnc(Nc2ccc(N3CCN(Cc4nccn4C)CC3)cc2)nc1-c1ccc(N2CCCC2C(N)=O)cc1. The standard InChI is InChI=1S/C31H37N9O/c1-22-20-34-31(36-29(22)23-5-9-26(10-6-23)40-14-3-4-27(40)30(32)41)35-24-7-11-25(12-8-24)39-18-16-38(17-19-39)21-28-33-13-15-37(28)2/h5-13,15,20,27H,3-4,14,16-19,21H2,1-2H3,(H2,32,41)(H,34,35,36). The van der Waals surface area contributed by atoms with E-state index in [0.717, 1.165) is 86.1 Å². The molecule has 1 unspecified atom stereocenters. The molecule has 0 spiro atoms. The van der Waals surface area contributed by atoms with Gasteiger partial charge in [-0.1, -0.05) is 12.1 Å². The first-order valence-corrected chi connectivity index (χ1v) is 14.3. The van der Waals surface area contributed by atoms with Crippen molar-refractivity contribution in [2.75, 3.05) is 47.8 Å². The van der Waals surface area contributed by atoms with Crippen LogP contribution in [-0.4, -0.2) is 69.1 Å². The van der Waals surface area contributed by atoms with Crippen molar-refractivity contribution in [3.8, 4) is 11.3 Å². The number of hydrogen-bond donors (Lipinski definition) is 2. The Morgan fingerprint density at radius 2 is 1.71 bits per heavy atom. The number of imidazole rings is 1. The number of hydrogen-bond acceptors (Lipinski definition) is 8. The van der Waals surface area contributed by atoms with Gasteiger partial charge >= 0.3 is 0 Å². The highest BCUT2D eigenvalue weighted by Crippen LogP contribution is 2.30. The maximum Gasteiger partial charge on any atom is 0.240 e. The van der Waals surface area contributed by atoms with Crippen LogP contribution < -0.4 is 20.9 Å². The van der Waals surface area contributed by atoms with Crippen LogP contribution >= 0.6 is 0 Å². The Kier molecular flexibility index (Phi) is 7.56. The quantitative estimate of drug-likeness (QED) is 0.341. The molecule has 10 heteroatoms. The van der Waals surface area contributed by atoms with Gasteiger partial charge in [-0.2, -0.15) is 0 Å². The molecule has 6 rings (SSSR count). The summed E-state index contributed by atoms with van der Waals surface area (Å²) in [7, 11) is 2.05. The van der Waals surface area contributed by atoms with E-state index in [4.69, 9.17) is 10.7 Å². The number of amides is 1. The van der Waals surface area contributed by atoms with Crippen LogP contribution in [0.4, 0.5) is 23.0 Å². The number of aromatic nitrogens is 4. The summed E-state index contributed by atoms with van der Waals surface area (Å²) in [5.41, 5.74) is 11.7. The molecule has 1 atom stereocenters. The number of benzene rings is 2. The van der Waals surface area contributed by atoms with Crippen LogP contribution in [0.25, 0.3) is 11.3 Å². The Bertz CT molecular complexity index is 1490. The highest BCUT2D eigenvalue weighted by molar-refractivity contribution is 5.84. The van der Waals surface area contributed by atoms with Crippen LogP contribution in [0.2, 0.25) is 0 Å². The minimum atomic E-state index is -0.263. The number of carbonyl (C=O) groups is 1. The Morgan fingerprint density at radius 3 is 2.39 bits per heavy atom. The number of piperazine rings is 1. The number of nitrogens with zero attached hydrogens (tertiary/aromatic N) is 7. The van der Waals surface area contributed by atoms with Gasteiger partial charge in [0.05, 0.1) is 12.2 Å². The molecule has 3 N–H and O–H groups in total. The third-order valence-corrected chi connectivity index (χ3v) is 8.17. The Labute approximate surface area is 240 Å². The zero-order chi connectivity index (χ0) is 28.3. The van der Waals surface area contributed by atoms with Crippen molar-refractivity contribution in [3.05, 3.63) is 78.5 Å². The lowest BCUT2D eigenvalue weighted by Crippen LogP contribution is -2.46. The maximum absolute atomic E-state index is 11.8. The van der Waals surface area contributed by atoms with E-state index in [0.29, 0.717) is 5.95 Å². The summed E-state index contributed by atoms with van der Waals surface area (Å²) in [6, 6.07) is 16.4. The fourth-order valence-electron chi connectivity index (χ4n) is 5.77. The molecule has 212 valence electrons. The van der Waals surface area contributed by atoms with E-state index in [1.165, 1.54) is 5.69 Å². The third kappa shape index (κ3) is 5.88. The molecule has 1 amide bonds. The van der Waals surface area contributed by atoms with Gasteiger partial charge in [-0.05, 0) is 61.7 Å². The zero-order valence-electron chi connectivity index (χ0n) is 23.7. The van der Waals surface area contributed by atoms with Crippen molar-refractivity contribution < 1.29 is 4.79 Å². The number of carbonyl (C=O) groups excluding carboxylic acids is 1. The molecule has 0 radical (unpaired) electrons. The third-order valence-electron chi connectivity index (χ3n) is 8.17. The van der Waals surface area contributed by atoms with E-state index in [-0.39, 0.29) is 11.9 Å². The van der Waals surface area contributed by atoms with Crippen molar-refractivity contribution in [1.29, 1.82) is 0 Å². The predicted molar refractivity (Wildman–Crippen MR) is 162 cm³/mol. The lowest BCUT2D eigenvalue weighted by molar-refractivity contribution is -0.119. The second-order valence-corrected chi connectivity index (χ2v) is 10.9. The summed E-state index contributed by atoms with van der Waals surface area (Å²) in [5.74, 6) is 1.40. The Hall–Kier alpha value is -4.44. The number of rotatable bonds is 8. The molecular formula is C31H37N9O. The van der Waals surface area contributed by atoms with Crippen molar-refractivity contribution in [1.82, 2.24) is 24.4 Å². The Balaban J connectivity index is 1.08. The fraction of sp³-hybridized carbons (Fsp3) is 0.355. The largest absolute Gasteiger partial charge is 0.369 e. The first kappa shape index (κ1) is 26.8. The van der Waals surface area contributed by atoms with Crippen molar-refractivity contribution >= 4 is 28.9 Å². The second kappa shape index (κ2) is 11.6. The molecule has 2 aromatic heterocycles. The van der Waals surface area contributed by atoms with E-state index in [9.17, 15) is 4.79 Å². The van der Waals surface area contributed by atoms with Gasteiger partial charge in [-0.3, -0.25) is 9.69 Å². The van der Waals surface area contributed by atoms with Crippen LogP contribution in [-0.2, 0) is 18.4 Å². The summed E-state index contributed by atoms with van der Waals surface area (Å²) in [5, 5.41) is 3.37. The van der Waals surface area contributed by atoms with Crippen molar-refractivity contribution in [3.63, 3.8) is 0 Å². The lowest BCUT2D eigenvalue weighted by atomic mass is 10.1. The van der Waals surface area contributed by atoms with Crippen LogP contribution in [0, 0.1) is 6.92 Å².